The molecule has 0 bridgehead atoms. The van der Waals surface area contributed by atoms with Crippen LogP contribution in [0.4, 0.5) is 0 Å². The highest BCUT2D eigenvalue weighted by atomic mass is 32.1. The molecule has 0 unspecified atom stereocenters. The standard InChI is InChI=1S/C28H54OS2/c1-3-5-7-9-11-13-15-17-19-21-23-25-27(30)29-28(31)26-24-22-20-18-16-14-12-10-8-6-4-2/h3-26H2,1-2H3. The smallest absolute Gasteiger partial charge is 0.168 e. The average molecular weight is 471 g/mol. The molecule has 0 N–H and O–H groups in total. The minimum atomic E-state index is 0.712. The molecule has 31 heavy (non-hydrogen) atoms. The fourth-order valence-electron chi connectivity index (χ4n) is 4.10. The van der Waals surface area contributed by atoms with Crippen LogP contribution in [-0.4, -0.2) is 10.1 Å². The third kappa shape index (κ3) is 26.1. The van der Waals surface area contributed by atoms with Crippen LogP contribution < -0.4 is 0 Å². The summed E-state index contributed by atoms with van der Waals surface area (Å²) in [5.41, 5.74) is 0. The Morgan fingerprint density at radius 2 is 0.613 bits per heavy atom. The lowest BCUT2D eigenvalue weighted by Crippen LogP contribution is -2.08. The minimum Gasteiger partial charge on any atom is -0.443 e. The van der Waals surface area contributed by atoms with Crippen molar-refractivity contribution in [2.24, 2.45) is 0 Å². The molecule has 184 valence electrons. The lowest BCUT2D eigenvalue weighted by Gasteiger charge is -2.08. The van der Waals surface area contributed by atoms with E-state index in [0.29, 0.717) is 10.1 Å². The molecule has 0 aromatic rings. The predicted molar refractivity (Wildman–Crippen MR) is 148 cm³/mol. The van der Waals surface area contributed by atoms with E-state index in [9.17, 15) is 0 Å². The first-order valence-corrected chi connectivity index (χ1v) is 14.8. The van der Waals surface area contributed by atoms with Crippen LogP contribution >= 0.6 is 24.4 Å². The van der Waals surface area contributed by atoms with E-state index < -0.39 is 0 Å². The molecule has 0 fully saturated rings. The van der Waals surface area contributed by atoms with Gasteiger partial charge in [0.25, 0.3) is 0 Å². The van der Waals surface area contributed by atoms with Gasteiger partial charge in [0.1, 0.15) is 0 Å². The Balaban J connectivity index is 3.31. The predicted octanol–water partition coefficient (Wildman–Crippen LogP) is 11.1. The van der Waals surface area contributed by atoms with E-state index in [1.165, 1.54) is 128 Å². The van der Waals surface area contributed by atoms with Gasteiger partial charge in [0.15, 0.2) is 10.1 Å². The summed E-state index contributed by atoms with van der Waals surface area (Å²) in [6.07, 6.45) is 31.7. The maximum absolute atomic E-state index is 5.70. The van der Waals surface area contributed by atoms with Gasteiger partial charge in [-0.05, 0) is 37.3 Å². The van der Waals surface area contributed by atoms with Gasteiger partial charge in [-0.15, -0.1) is 0 Å². The van der Waals surface area contributed by atoms with E-state index >= 15 is 0 Å². The van der Waals surface area contributed by atoms with Crippen molar-refractivity contribution in [3.05, 3.63) is 0 Å². The van der Waals surface area contributed by atoms with Crippen molar-refractivity contribution in [2.45, 2.75) is 168 Å². The van der Waals surface area contributed by atoms with E-state index in [1.54, 1.807) is 0 Å². The molecule has 0 aromatic heterocycles. The fourth-order valence-corrected chi connectivity index (χ4v) is 4.64. The summed E-state index contributed by atoms with van der Waals surface area (Å²) < 4.78 is 5.70. The Hall–Kier alpha value is -0.0200. The Bertz CT molecular complexity index is 358. The molecule has 0 aliphatic heterocycles. The first-order chi connectivity index (χ1) is 15.2. The van der Waals surface area contributed by atoms with Crippen LogP contribution in [0.3, 0.4) is 0 Å². The van der Waals surface area contributed by atoms with Gasteiger partial charge < -0.3 is 4.74 Å². The summed E-state index contributed by atoms with van der Waals surface area (Å²) in [6.45, 7) is 4.56. The number of hydrogen-bond acceptors (Lipinski definition) is 3. The number of thiocarbonyl (C=S) groups is 2. The molecule has 1 nitrogen and oxygen atoms in total. The summed E-state index contributed by atoms with van der Waals surface area (Å²) >= 11 is 10.8. The molecule has 0 saturated carbocycles. The second-order valence-electron chi connectivity index (χ2n) is 9.42. The normalized spacial score (nSPS) is 11.0. The van der Waals surface area contributed by atoms with Crippen molar-refractivity contribution >= 4 is 34.5 Å². The van der Waals surface area contributed by atoms with Gasteiger partial charge in [0, 0.05) is 12.8 Å². The monoisotopic (exact) mass is 470 g/mol. The van der Waals surface area contributed by atoms with E-state index in [0.717, 1.165) is 25.7 Å². The van der Waals surface area contributed by atoms with Gasteiger partial charge in [-0.3, -0.25) is 0 Å². The van der Waals surface area contributed by atoms with Crippen LogP contribution in [0.15, 0.2) is 0 Å². The molecule has 3 heteroatoms. The van der Waals surface area contributed by atoms with Crippen LogP contribution in [0.2, 0.25) is 0 Å². The van der Waals surface area contributed by atoms with Crippen LogP contribution in [-0.2, 0) is 4.74 Å². The van der Waals surface area contributed by atoms with Crippen LogP contribution in [0.25, 0.3) is 0 Å². The van der Waals surface area contributed by atoms with Gasteiger partial charge in [0.05, 0.1) is 0 Å². The fraction of sp³-hybridized carbons (Fsp3) is 0.929. The molecule has 0 amide bonds. The molecule has 0 aromatic carbocycles. The summed E-state index contributed by atoms with van der Waals surface area (Å²) in [5.74, 6) is 0. The topological polar surface area (TPSA) is 9.23 Å². The third-order valence-electron chi connectivity index (χ3n) is 6.20. The van der Waals surface area contributed by atoms with E-state index in [1.807, 2.05) is 0 Å². The number of unbranched alkanes of at least 4 members (excludes halogenated alkanes) is 20. The average Bonchev–Trinajstić information content (AvgIpc) is 2.75. The van der Waals surface area contributed by atoms with Crippen molar-refractivity contribution < 1.29 is 4.74 Å². The maximum Gasteiger partial charge on any atom is 0.168 e. The van der Waals surface area contributed by atoms with Gasteiger partial charge in [0.2, 0.25) is 0 Å². The molecule has 0 radical (unpaired) electrons. The summed E-state index contributed by atoms with van der Waals surface area (Å²) in [7, 11) is 0. The summed E-state index contributed by atoms with van der Waals surface area (Å²) in [6, 6.07) is 0. The highest BCUT2D eigenvalue weighted by molar-refractivity contribution is 7.81. The molecule has 0 rings (SSSR count). The Kier molecular flexibility index (Phi) is 26.2. The quantitative estimate of drug-likeness (QED) is 0.102. The van der Waals surface area contributed by atoms with E-state index in [4.69, 9.17) is 29.2 Å². The molecule has 0 spiro atoms. The van der Waals surface area contributed by atoms with Gasteiger partial charge >= 0.3 is 0 Å². The molecular weight excluding hydrogens is 416 g/mol. The zero-order valence-electron chi connectivity index (χ0n) is 21.2. The molecule has 0 aliphatic rings. The highest BCUT2D eigenvalue weighted by Gasteiger charge is 2.04. The van der Waals surface area contributed by atoms with Crippen molar-refractivity contribution in [3.63, 3.8) is 0 Å². The molecule has 0 saturated heterocycles. The second kappa shape index (κ2) is 26.2. The number of rotatable bonds is 24. The van der Waals surface area contributed by atoms with Gasteiger partial charge in [-0.1, -0.05) is 142 Å². The first kappa shape index (κ1) is 31.0. The molecular formula is C28H54OS2. The van der Waals surface area contributed by atoms with Crippen molar-refractivity contribution in [1.82, 2.24) is 0 Å². The lowest BCUT2D eigenvalue weighted by atomic mass is 10.1. The highest BCUT2D eigenvalue weighted by Crippen LogP contribution is 2.14. The summed E-state index contributed by atoms with van der Waals surface area (Å²) in [4.78, 5) is 0. The Morgan fingerprint density at radius 1 is 0.387 bits per heavy atom. The molecule has 0 heterocycles. The first-order valence-electron chi connectivity index (χ1n) is 13.9. The second-order valence-corrected chi connectivity index (χ2v) is 10.3. The van der Waals surface area contributed by atoms with Gasteiger partial charge in [-0.2, -0.15) is 0 Å². The van der Waals surface area contributed by atoms with E-state index in [2.05, 4.69) is 13.8 Å². The van der Waals surface area contributed by atoms with Crippen LogP contribution in [0.5, 0.6) is 0 Å². The number of hydrogen-bond donors (Lipinski definition) is 0. The lowest BCUT2D eigenvalue weighted by molar-refractivity contribution is 0.510. The zero-order valence-corrected chi connectivity index (χ0v) is 22.8. The minimum absolute atomic E-state index is 0.712. The zero-order chi connectivity index (χ0) is 22.8. The molecule has 0 aliphatic carbocycles. The third-order valence-corrected chi connectivity index (χ3v) is 6.77. The van der Waals surface area contributed by atoms with Crippen molar-refractivity contribution in [2.75, 3.05) is 0 Å². The largest absolute Gasteiger partial charge is 0.443 e. The molecule has 0 atom stereocenters. The summed E-state index contributed by atoms with van der Waals surface area (Å²) in [5, 5.41) is 1.42. The SMILES string of the molecule is CCCCCCCCCCCCCC(=S)OC(=S)CCCCCCCCCCCCC. The van der Waals surface area contributed by atoms with Crippen molar-refractivity contribution in [3.8, 4) is 0 Å². The Morgan fingerprint density at radius 3 is 0.871 bits per heavy atom. The maximum atomic E-state index is 5.70. The van der Waals surface area contributed by atoms with E-state index in [-0.39, 0.29) is 0 Å². The van der Waals surface area contributed by atoms with Crippen LogP contribution in [0, 0.1) is 0 Å². The van der Waals surface area contributed by atoms with Gasteiger partial charge in [-0.25, -0.2) is 0 Å². The van der Waals surface area contributed by atoms with Crippen LogP contribution in [0.1, 0.15) is 168 Å². The van der Waals surface area contributed by atoms with Crippen molar-refractivity contribution in [1.29, 1.82) is 0 Å². The number of ether oxygens (including phenoxy) is 1. The Labute approximate surface area is 206 Å².